The lowest BCUT2D eigenvalue weighted by molar-refractivity contribution is -0.314. The third kappa shape index (κ3) is 3.84. The molecule has 52 valence electrons. The van der Waals surface area contributed by atoms with Crippen LogP contribution in [0.1, 0.15) is 6.42 Å². The summed E-state index contributed by atoms with van der Waals surface area (Å²) in [7, 11) is 0. The molecule has 0 aromatic heterocycles. The van der Waals surface area contributed by atoms with E-state index in [1.165, 1.54) is 0 Å². The molecule has 0 heterocycles. The number of carboxylic acids is 2. The highest BCUT2D eigenvalue weighted by Gasteiger charge is 2.02. The SMILES string of the molecule is O=C([O-])C[C@H](S)C(=O)[O-]. The number of carbonyl (C=O) groups is 2. The summed E-state index contributed by atoms with van der Waals surface area (Å²) in [5.74, 6) is -2.94. The summed E-state index contributed by atoms with van der Waals surface area (Å²) >= 11 is 3.38. The molecule has 0 radical (unpaired) electrons. The Balaban J connectivity index is 3.63. The molecular weight excluding hydrogens is 144 g/mol. The highest BCUT2D eigenvalue weighted by Crippen LogP contribution is 1.96. The van der Waals surface area contributed by atoms with E-state index in [1.807, 2.05) is 0 Å². The van der Waals surface area contributed by atoms with Gasteiger partial charge in [0.2, 0.25) is 0 Å². The Bertz CT molecular complexity index is 133. The average molecular weight is 148 g/mol. The fourth-order valence-electron chi connectivity index (χ4n) is 0.241. The van der Waals surface area contributed by atoms with Crippen molar-refractivity contribution >= 4 is 24.6 Å². The van der Waals surface area contributed by atoms with Crippen molar-refractivity contribution in [3.8, 4) is 0 Å². The van der Waals surface area contributed by atoms with Gasteiger partial charge >= 0.3 is 0 Å². The largest absolute Gasteiger partial charge is 0.550 e. The van der Waals surface area contributed by atoms with E-state index >= 15 is 0 Å². The Labute approximate surface area is 56.9 Å². The third-order valence-corrected chi connectivity index (χ3v) is 1.03. The van der Waals surface area contributed by atoms with Crippen LogP contribution in [-0.2, 0) is 9.59 Å². The molecule has 0 rings (SSSR count). The van der Waals surface area contributed by atoms with Gasteiger partial charge < -0.3 is 19.8 Å². The molecule has 9 heavy (non-hydrogen) atoms. The summed E-state index contributed by atoms with van der Waals surface area (Å²) in [6, 6.07) is 0. The Morgan fingerprint density at radius 3 is 2.00 bits per heavy atom. The lowest BCUT2D eigenvalue weighted by Gasteiger charge is -2.10. The Kier molecular flexibility index (Phi) is 3.08. The van der Waals surface area contributed by atoms with Crippen LogP contribution in [0.15, 0.2) is 0 Å². The predicted octanol–water partition coefficient (Wildman–Crippen LogP) is -2.83. The van der Waals surface area contributed by atoms with Gasteiger partial charge in [0.25, 0.3) is 0 Å². The van der Waals surface area contributed by atoms with E-state index < -0.39 is 23.6 Å². The van der Waals surface area contributed by atoms with Crippen LogP contribution in [0.5, 0.6) is 0 Å². The molecule has 0 aliphatic rings. The third-order valence-electron chi connectivity index (χ3n) is 0.632. The van der Waals surface area contributed by atoms with Crippen LogP contribution in [0.3, 0.4) is 0 Å². The number of aliphatic carboxylic acids is 2. The molecule has 0 aliphatic carbocycles. The van der Waals surface area contributed by atoms with Crippen molar-refractivity contribution in [2.24, 2.45) is 0 Å². The van der Waals surface area contributed by atoms with E-state index in [9.17, 15) is 19.8 Å². The Morgan fingerprint density at radius 1 is 1.44 bits per heavy atom. The van der Waals surface area contributed by atoms with Crippen LogP contribution in [0.4, 0.5) is 0 Å². The molecule has 0 amide bonds. The van der Waals surface area contributed by atoms with Crippen LogP contribution in [0, 0.1) is 0 Å². The zero-order chi connectivity index (χ0) is 7.44. The summed E-state index contributed by atoms with van der Waals surface area (Å²) in [4.78, 5) is 19.4. The molecule has 0 saturated heterocycles. The van der Waals surface area contributed by atoms with Crippen LogP contribution in [-0.4, -0.2) is 17.2 Å². The first-order chi connectivity index (χ1) is 4.04. The van der Waals surface area contributed by atoms with E-state index in [2.05, 4.69) is 12.6 Å². The maximum Gasteiger partial charge on any atom is 0.0545 e. The summed E-state index contributed by atoms with van der Waals surface area (Å²) in [6.45, 7) is 0. The molecule has 0 aromatic rings. The maximum absolute atomic E-state index is 9.76. The number of hydrogen-bond acceptors (Lipinski definition) is 5. The second-order valence-corrected chi connectivity index (χ2v) is 2.03. The van der Waals surface area contributed by atoms with Gasteiger partial charge in [-0.25, -0.2) is 0 Å². The second-order valence-electron chi connectivity index (χ2n) is 1.41. The zero-order valence-electron chi connectivity index (χ0n) is 4.36. The van der Waals surface area contributed by atoms with Gasteiger partial charge in [0.1, 0.15) is 0 Å². The first-order valence-electron chi connectivity index (χ1n) is 2.13. The van der Waals surface area contributed by atoms with Crippen molar-refractivity contribution in [3.63, 3.8) is 0 Å². The molecule has 0 bridgehead atoms. The van der Waals surface area contributed by atoms with Gasteiger partial charge in [0.15, 0.2) is 0 Å². The highest BCUT2D eigenvalue weighted by molar-refractivity contribution is 7.81. The minimum atomic E-state index is -1.50. The monoisotopic (exact) mass is 148 g/mol. The van der Waals surface area contributed by atoms with Gasteiger partial charge in [0, 0.05) is 17.6 Å². The zero-order valence-corrected chi connectivity index (χ0v) is 5.26. The maximum atomic E-state index is 9.76. The molecule has 0 aromatic carbocycles. The van der Waals surface area contributed by atoms with Gasteiger partial charge in [-0.05, 0) is 0 Å². The number of hydrogen-bond donors (Lipinski definition) is 1. The first-order valence-corrected chi connectivity index (χ1v) is 2.64. The van der Waals surface area contributed by atoms with Crippen molar-refractivity contribution in [2.75, 3.05) is 0 Å². The lowest BCUT2D eigenvalue weighted by Crippen LogP contribution is -2.36. The summed E-state index contributed by atoms with van der Waals surface area (Å²) < 4.78 is 0. The Morgan fingerprint density at radius 2 is 1.89 bits per heavy atom. The minimum Gasteiger partial charge on any atom is -0.550 e. The summed E-state index contributed by atoms with van der Waals surface area (Å²) in [5, 5.41) is 18.2. The van der Waals surface area contributed by atoms with Crippen molar-refractivity contribution in [1.29, 1.82) is 0 Å². The van der Waals surface area contributed by atoms with Crippen LogP contribution in [0.25, 0.3) is 0 Å². The van der Waals surface area contributed by atoms with E-state index in [0.29, 0.717) is 0 Å². The molecule has 0 saturated carbocycles. The van der Waals surface area contributed by atoms with Gasteiger partial charge in [-0.3, -0.25) is 0 Å². The molecule has 1 atom stereocenters. The van der Waals surface area contributed by atoms with E-state index in [1.54, 1.807) is 0 Å². The topological polar surface area (TPSA) is 80.3 Å². The number of rotatable bonds is 3. The normalized spacial score (nSPS) is 12.6. The fraction of sp³-hybridized carbons (Fsp3) is 0.500. The van der Waals surface area contributed by atoms with Gasteiger partial charge in [-0.2, -0.15) is 12.6 Å². The molecule has 0 N–H and O–H groups in total. The number of thiol groups is 1. The molecule has 0 aliphatic heterocycles. The highest BCUT2D eigenvalue weighted by atomic mass is 32.1. The lowest BCUT2D eigenvalue weighted by atomic mass is 10.3. The molecule has 4 nitrogen and oxygen atoms in total. The number of carbonyl (C=O) groups excluding carboxylic acids is 2. The molecular formula is C4H4O4S-2. The smallest absolute Gasteiger partial charge is 0.0545 e. The quantitative estimate of drug-likeness (QED) is 0.437. The van der Waals surface area contributed by atoms with E-state index in [0.717, 1.165) is 0 Å². The van der Waals surface area contributed by atoms with Gasteiger partial charge in [-0.1, -0.05) is 0 Å². The minimum absolute atomic E-state index is 0.620. The number of carboxylic acid groups (broad SMARTS) is 2. The van der Waals surface area contributed by atoms with Crippen LogP contribution in [0.2, 0.25) is 0 Å². The molecule has 5 heteroatoms. The van der Waals surface area contributed by atoms with E-state index in [-0.39, 0.29) is 0 Å². The van der Waals surface area contributed by atoms with Crippen molar-refractivity contribution in [3.05, 3.63) is 0 Å². The molecule has 0 unspecified atom stereocenters. The van der Waals surface area contributed by atoms with E-state index in [4.69, 9.17) is 0 Å². The predicted molar refractivity (Wildman–Crippen MR) is 27.4 cm³/mol. The van der Waals surface area contributed by atoms with Gasteiger partial charge in [-0.15, -0.1) is 0 Å². The Hall–Kier alpha value is -0.710. The summed E-state index contributed by atoms with van der Waals surface area (Å²) in [6.07, 6.45) is -0.620. The van der Waals surface area contributed by atoms with Crippen molar-refractivity contribution < 1.29 is 19.8 Å². The van der Waals surface area contributed by atoms with Crippen molar-refractivity contribution in [1.82, 2.24) is 0 Å². The fourth-order valence-corrected chi connectivity index (χ4v) is 0.390. The van der Waals surface area contributed by atoms with Crippen LogP contribution >= 0.6 is 12.6 Å². The second kappa shape index (κ2) is 3.34. The average Bonchev–Trinajstić information content (AvgIpc) is 1.63. The van der Waals surface area contributed by atoms with Crippen molar-refractivity contribution in [2.45, 2.75) is 11.7 Å². The summed E-state index contributed by atoms with van der Waals surface area (Å²) in [5.41, 5.74) is 0. The van der Waals surface area contributed by atoms with Gasteiger partial charge in [0.05, 0.1) is 5.97 Å². The molecule has 0 fully saturated rings. The van der Waals surface area contributed by atoms with Crippen LogP contribution < -0.4 is 10.2 Å². The first kappa shape index (κ1) is 8.29. The standard InChI is InChI=1S/C4H6O4S/c5-3(6)1-2(9)4(7)8/h2,9H,1H2,(H,5,6)(H,7,8)/p-2/t2-/m0/s1. The molecule has 0 spiro atoms.